The number of halogens is 5. The van der Waals surface area contributed by atoms with E-state index in [2.05, 4.69) is 31.9 Å². The highest BCUT2D eigenvalue weighted by Gasteiger charge is 2.31. The van der Waals surface area contributed by atoms with Gasteiger partial charge in [-0.1, -0.05) is 0 Å². The van der Waals surface area contributed by atoms with Crippen LogP contribution in [-0.4, -0.2) is 4.57 Å². The van der Waals surface area contributed by atoms with Crippen molar-refractivity contribution in [2.24, 2.45) is 0 Å². The third-order valence-electron chi connectivity index (χ3n) is 2.42. The lowest BCUT2D eigenvalue weighted by Gasteiger charge is -2.11. The van der Waals surface area contributed by atoms with Crippen molar-refractivity contribution < 1.29 is 13.2 Å². The second kappa shape index (κ2) is 5.13. The molecule has 0 saturated carbocycles. The summed E-state index contributed by atoms with van der Waals surface area (Å²) in [6, 6.07) is 6.43. The molecule has 0 bridgehead atoms. The first-order chi connectivity index (χ1) is 8.79. The zero-order valence-corrected chi connectivity index (χ0v) is 12.4. The Hall–Kier alpha value is -1.08. The van der Waals surface area contributed by atoms with Crippen LogP contribution in [0.5, 0.6) is 0 Å². The summed E-state index contributed by atoms with van der Waals surface area (Å²) in [4.78, 5) is 11.7. The topological polar surface area (TPSA) is 22.0 Å². The van der Waals surface area contributed by atoms with Crippen molar-refractivity contribution >= 4 is 31.9 Å². The molecular formula is C12H6Br2F3NO. The van der Waals surface area contributed by atoms with Gasteiger partial charge in [-0.05, 0) is 56.1 Å². The first-order valence-electron chi connectivity index (χ1n) is 5.04. The number of alkyl halides is 3. The van der Waals surface area contributed by atoms with Gasteiger partial charge in [-0.2, -0.15) is 13.2 Å². The summed E-state index contributed by atoms with van der Waals surface area (Å²) in [6.45, 7) is 0. The van der Waals surface area contributed by atoms with E-state index in [1.54, 1.807) is 18.2 Å². The fraction of sp³-hybridized carbons (Fsp3) is 0.0833. The molecule has 0 spiro atoms. The van der Waals surface area contributed by atoms with Crippen LogP contribution in [0.1, 0.15) is 5.56 Å². The Bertz CT molecular complexity index is 679. The fourth-order valence-corrected chi connectivity index (χ4v) is 2.10. The van der Waals surface area contributed by atoms with E-state index in [1.807, 2.05) is 0 Å². The molecule has 2 nitrogen and oxygen atoms in total. The third-order valence-corrected chi connectivity index (χ3v) is 4.30. The number of hydrogen-bond acceptors (Lipinski definition) is 1. The molecule has 0 fully saturated rings. The third kappa shape index (κ3) is 3.09. The normalized spacial score (nSPS) is 11.6. The summed E-state index contributed by atoms with van der Waals surface area (Å²) in [6.07, 6.45) is -3.69. The van der Waals surface area contributed by atoms with Gasteiger partial charge in [0.1, 0.15) is 0 Å². The van der Waals surface area contributed by atoms with Crippen molar-refractivity contribution in [2.45, 2.75) is 6.18 Å². The van der Waals surface area contributed by atoms with Gasteiger partial charge in [0.2, 0.25) is 0 Å². The molecular weight excluding hydrogens is 391 g/mol. The van der Waals surface area contributed by atoms with E-state index in [1.165, 1.54) is 0 Å². The van der Waals surface area contributed by atoms with E-state index in [-0.39, 0.29) is 0 Å². The first kappa shape index (κ1) is 14.3. The number of aromatic nitrogens is 1. The van der Waals surface area contributed by atoms with E-state index < -0.39 is 17.3 Å². The first-order valence-corrected chi connectivity index (χ1v) is 6.63. The largest absolute Gasteiger partial charge is 0.417 e. The van der Waals surface area contributed by atoms with Crippen LogP contribution in [0.25, 0.3) is 5.69 Å². The van der Waals surface area contributed by atoms with Gasteiger partial charge in [0, 0.05) is 26.9 Å². The zero-order valence-electron chi connectivity index (χ0n) is 9.21. The molecule has 0 amide bonds. The van der Waals surface area contributed by atoms with E-state index >= 15 is 0 Å². The van der Waals surface area contributed by atoms with Gasteiger partial charge in [0.25, 0.3) is 5.56 Å². The molecule has 0 saturated heterocycles. The highest BCUT2D eigenvalue weighted by Crippen LogP contribution is 2.29. The van der Waals surface area contributed by atoms with Crippen LogP contribution in [-0.2, 0) is 6.18 Å². The summed E-state index contributed by atoms with van der Waals surface area (Å²) in [5, 5.41) is 0. The second-order valence-corrected chi connectivity index (χ2v) is 5.43. The lowest BCUT2D eigenvalue weighted by molar-refractivity contribution is -0.138. The maximum Gasteiger partial charge on any atom is 0.417 e. The van der Waals surface area contributed by atoms with Gasteiger partial charge in [0.15, 0.2) is 0 Å². The van der Waals surface area contributed by atoms with E-state index in [0.29, 0.717) is 10.2 Å². The molecule has 100 valence electrons. The highest BCUT2D eigenvalue weighted by molar-refractivity contribution is 9.13. The highest BCUT2D eigenvalue weighted by atomic mass is 79.9. The van der Waals surface area contributed by atoms with E-state index in [9.17, 15) is 18.0 Å². The number of rotatable bonds is 1. The molecule has 0 N–H and O–H groups in total. The van der Waals surface area contributed by atoms with Crippen LogP contribution in [0.3, 0.4) is 0 Å². The Morgan fingerprint density at radius 2 is 1.68 bits per heavy atom. The second-order valence-electron chi connectivity index (χ2n) is 3.72. The summed E-state index contributed by atoms with van der Waals surface area (Å²) >= 11 is 6.49. The SMILES string of the molecule is O=c1ccc(C(F)(F)F)cn1-c1ccc(Br)c(Br)c1. The fourth-order valence-electron chi connectivity index (χ4n) is 1.49. The van der Waals surface area contributed by atoms with Gasteiger partial charge in [0.05, 0.1) is 5.56 Å². The molecule has 2 rings (SSSR count). The average Bonchev–Trinajstić information content (AvgIpc) is 2.32. The number of nitrogens with zero attached hydrogens (tertiary/aromatic N) is 1. The predicted octanol–water partition coefficient (Wildman–Crippen LogP) is 4.38. The van der Waals surface area contributed by atoms with Crippen molar-refractivity contribution in [3.63, 3.8) is 0 Å². The minimum atomic E-state index is -4.48. The van der Waals surface area contributed by atoms with Gasteiger partial charge < -0.3 is 0 Å². The lowest BCUT2D eigenvalue weighted by atomic mass is 10.2. The van der Waals surface area contributed by atoms with Crippen LogP contribution in [0.2, 0.25) is 0 Å². The van der Waals surface area contributed by atoms with Crippen molar-refractivity contribution in [3.8, 4) is 5.69 Å². The minimum absolute atomic E-state index is 0.353. The van der Waals surface area contributed by atoms with Crippen LogP contribution in [0, 0.1) is 0 Å². The Morgan fingerprint density at radius 1 is 1.00 bits per heavy atom. The molecule has 0 aliphatic heterocycles. The van der Waals surface area contributed by atoms with Crippen molar-refractivity contribution in [2.75, 3.05) is 0 Å². The number of benzene rings is 1. The van der Waals surface area contributed by atoms with Crippen molar-refractivity contribution in [1.29, 1.82) is 0 Å². The van der Waals surface area contributed by atoms with Gasteiger partial charge in [-0.3, -0.25) is 9.36 Å². The van der Waals surface area contributed by atoms with E-state index in [4.69, 9.17) is 0 Å². The maximum atomic E-state index is 12.6. The predicted molar refractivity (Wildman–Crippen MR) is 72.4 cm³/mol. The zero-order chi connectivity index (χ0) is 14.2. The molecule has 0 radical (unpaired) electrons. The smallest absolute Gasteiger partial charge is 0.284 e. The van der Waals surface area contributed by atoms with Gasteiger partial charge >= 0.3 is 6.18 Å². The Morgan fingerprint density at radius 3 is 2.26 bits per heavy atom. The van der Waals surface area contributed by atoms with Crippen LogP contribution >= 0.6 is 31.9 Å². The van der Waals surface area contributed by atoms with Crippen molar-refractivity contribution in [1.82, 2.24) is 4.57 Å². The van der Waals surface area contributed by atoms with Crippen LogP contribution in [0.15, 0.2) is 50.3 Å². The Kier molecular flexibility index (Phi) is 3.87. The van der Waals surface area contributed by atoms with Crippen LogP contribution in [0.4, 0.5) is 13.2 Å². The number of pyridine rings is 1. The monoisotopic (exact) mass is 395 g/mol. The lowest BCUT2D eigenvalue weighted by Crippen LogP contribution is -2.19. The summed E-state index contributed by atoms with van der Waals surface area (Å²) in [5.41, 5.74) is -1.04. The van der Waals surface area contributed by atoms with Crippen molar-refractivity contribution in [3.05, 3.63) is 61.4 Å². The molecule has 0 aliphatic rings. The van der Waals surface area contributed by atoms with Crippen LogP contribution < -0.4 is 5.56 Å². The molecule has 19 heavy (non-hydrogen) atoms. The number of hydrogen-bond donors (Lipinski definition) is 0. The standard InChI is InChI=1S/C12H6Br2F3NO/c13-9-3-2-8(5-10(9)14)18-6-7(12(15,16)17)1-4-11(18)19/h1-6H. The quantitative estimate of drug-likeness (QED) is 0.701. The molecule has 0 atom stereocenters. The Labute approximate surface area is 123 Å². The average molecular weight is 397 g/mol. The molecule has 1 aromatic heterocycles. The minimum Gasteiger partial charge on any atom is -0.284 e. The maximum absolute atomic E-state index is 12.6. The van der Waals surface area contributed by atoms with Gasteiger partial charge in [-0.15, -0.1) is 0 Å². The molecule has 1 heterocycles. The molecule has 0 unspecified atom stereocenters. The molecule has 2 aromatic rings. The Balaban J connectivity index is 2.61. The molecule has 0 aliphatic carbocycles. The summed E-state index contributed by atoms with van der Waals surface area (Å²) in [7, 11) is 0. The molecule has 7 heteroatoms. The van der Waals surface area contributed by atoms with Gasteiger partial charge in [-0.25, -0.2) is 0 Å². The molecule has 1 aromatic carbocycles. The summed E-state index contributed by atoms with van der Waals surface area (Å²) < 4.78 is 40.2. The summed E-state index contributed by atoms with van der Waals surface area (Å²) in [5.74, 6) is 0. The van der Waals surface area contributed by atoms with E-state index in [0.717, 1.165) is 27.4 Å².